The van der Waals surface area contributed by atoms with E-state index in [2.05, 4.69) is 53.4 Å². The van der Waals surface area contributed by atoms with Crippen LogP contribution in [0.15, 0.2) is 54.6 Å². The first kappa shape index (κ1) is 23.6. The number of cyclic esters (lactones) is 1. The van der Waals surface area contributed by atoms with Crippen molar-refractivity contribution in [3.05, 3.63) is 103 Å². The smallest absolute Gasteiger partial charge is 0.341 e. The molecular weight excluding hydrogens is 512 g/mol. The van der Waals surface area contributed by atoms with Crippen molar-refractivity contribution in [2.75, 3.05) is 18.0 Å². The molecule has 3 aromatic carbocycles. The molecule has 2 heterocycles. The number of carbonyl (C=O) groups is 1. The Balaban J connectivity index is 1.62. The second-order valence-corrected chi connectivity index (χ2v) is 10.1. The van der Waals surface area contributed by atoms with Gasteiger partial charge < -0.3 is 9.64 Å². The zero-order valence-corrected chi connectivity index (χ0v) is 21.4. The Kier molecular flexibility index (Phi) is 6.56. The maximum Gasteiger partial charge on any atom is 0.341 e. The fourth-order valence-electron chi connectivity index (χ4n) is 4.54. The van der Waals surface area contributed by atoms with Crippen LogP contribution in [0.2, 0.25) is 20.1 Å². The van der Waals surface area contributed by atoms with Gasteiger partial charge in [0.25, 0.3) is 0 Å². The van der Waals surface area contributed by atoms with Crippen LogP contribution >= 0.6 is 46.4 Å². The third kappa shape index (κ3) is 4.20. The molecule has 5 rings (SSSR count). The Hall–Kier alpha value is -2.17. The average molecular weight is 533 g/mol. The van der Waals surface area contributed by atoms with E-state index in [1.54, 1.807) is 0 Å². The van der Waals surface area contributed by atoms with E-state index in [9.17, 15) is 4.79 Å². The summed E-state index contributed by atoms with van der Waals surface area (Å²) in [5.74, 6) is -0.575. The van der Waals surface area contributed by atoms with Crippen LogP contribution in [0.1, 0.15) is 51.6 Å². The van der Waals surface area contributed by atoms with Crippen molar-refractivity contribution in [2.45, 2.75) is 25.9 Å². The highest BCUT2D eigenvalue weighted by molar-refractivity contribution is 6.53. The molecule has 7 heteroatoms. The summed E-state index contributed by atoms with van der Waals surface area (Å²) in [6, 6.07) is 16.7. The lowest BCUT2D eigenvalue weighted by Gasteiger charge is -2.19. The van der Waals surface area contributed by atoms with Gasteiger partial charge >= 0.3 is 5.97 Å². The largest absolute Gasteiger partial charge is 0.449 e. The summed E-state index contributed by atoms with van der Waals surface area (Å²) >= 11 is 25.4. The third-order valence-electron chi connectivity index (χ3n) is 6.36. The van der Waals surface area contributed by atoms with E-state index in [-0.39, 0.29) is 25.7 Å². The number of benzene rings is 3. The average Bonchev–Trinajstić information content (AvgIpc) is 3.49. The topological polar surface area (TPSA) is 29.5 Å². The Morgan fingerprint density at radius 3 is 2.03 bits per heavy atom. The highest BCUT2D eigenvalue weighted by atomic mass is 35.5. The van der Waals surface area contributed by atoms with Crippen LogP contribution in [0.5, 0.6) is 0 Å². The first-order valence-corrected chi connectivity index (χ1v) is 12.6. The molecule has 2 aliphatic heterocycles. The molecule has 1 atom stereocenters. The number of anilines is 1. The molecule has 0 aliphatic carbocycles. The van der Waals surface area contributed by atoms with Crippen molar-refractivity contribution in [3.63, 3.8) is 0 Å². The summed E-state index contributed by atoms with van der Waals surface area (Å²) in [5, 5.41) is 0.380. The van der Waals surface area contributed by atoms with Gasteiger partial charge in [0.2, 0.25) is 0 Å². The fraction of sp³-hybridized carbons (Fsp3) is 0.222. The van der Waals surface area contributed by atoms with Gasteiger partial charge in [-0.3, -0.25) is 0 Å². The van der Waals surface area contributed by atoms with Crippen molar-refractivity contribution >= 4 is 63.6 Å². The molecule has 3 nitrogen and oxygen atoms in total. The Morgan fingerprint density at radius 2 is 1.41 bits per heavy atom. The quantitative estimate of drug-likeness (QED) is 0.191. The van der Waals surface area contributed by atoms with Crippen molar-refractivity contribution in [1.29, 1.82) is 0 Å². The van der Waals surface area contributed by atoms with Crippen LogP contribution in [0, 0.1) is 6.92 Å². The van der Waals surface area contributed by atoms with E-state index in [4.69, 9.17) is 51.1 Å². The molecule has 1 unspecified atom stereocenters. The molecule has 0 saturated carbocycles. The molecule has 0 spiro atoms. The van der Waals surface area contributed by atoms with E-state index < -0.39 is 12.1 Å². The number of carbonyl (C=O) groups excluding carboxylic acids is 1. The molecular formula is C27H21Cl4NO2. The first-order valence-electron chi connectivity index (χ1n) is 11.1. The Morgan fingerprint density at radius 1 is 0.853 bits per heavy atom. The molecule has 174 valence electrons. The van der Waals surface area contributed by atoms with Crippen LogP contribution in [0.4, 0.5) is 5.69 Å². The monoisotopic (exact) mass is 531 g/mol. The summed E-state index contributed by atoms with van der Waals surface area (Å²) in [6.45, 7) is 4.20. The minimum absolute atomic E-state index is 0.0462. The standard InChI is InChI=1S/C27H21Cl4NO2/c1-15-4-6-16(7-5-15)19(17-8-10-18(11-9-17)32-12-2-3-13-32)14-20-21-22(27(33)34-20)24(29)26(31)25(30)23(21)28/h4-11,14,20H,2-3,12-13H2,1H3/b19-14+. The highest BCUT2D eigenvalue weighted by Gasteiger charge is 2.37. The van der Waals surface area contributed by atoms with Gasteiger partial charge in [0.05, 0.1) is 25.7 Å². The predicted molar refractivity (Wildman–Crippen MR) is 141 cm³/mol. The Labute approximate surface area is 218 Å². The van der Waals surface area contributed by atoms with Gasteiger partial charge in [-0.15, -0.1) is 0 Å². The van der Waals surface area contributed by atoms with E-state index in [0.717, 1.165) is 35.4 Å². The lowest BCUT2D eigenvalue weighted by atomic mass is 9.93. The number of hydrogen-bond acceptors (Lipinski definition) is 3. The molecule has 1 fully saturated rings. The highest BCUT2D eigenvalue weighted by Crippen LogP contribution is 2.49. The number of esters is 1. The van der Waals surface area contributed by atoms with Gasteiger partial charge in [-0.25, -0.2) is 4.79 Å². The molecule has 0 bridgehead atoms. The van der Waals surface area contributed by atoms with Crippen LogP contribution < -0.4 is 4.90 Å². The zero-order valence-electron chi connectivity index (χ0n) is 18.4. The maximum absolute atomic E-state index is 12.7. The molecule has 0 aromatic heterocycles. The number of rotatable bonds is 4. The maximum atomic E-state index is 12.7. The van der Waals surface area contributed by atoms with Crippen LogP contribution in [-0.2, 0) is 4.74 Å². The third-order valence-corrected chi connectivity index (χ3v) is 8.17. The van der Waals surface area contributed by atoms with E-state index >= 15 is 0 Å². The second-order valence-electron chi connectivity index (χ2n) is 8.56. The van der Waals surface area contributed by atoms with Gasteiger partial charge in [0, 0.05) is 24.3 Å². The normalized spacial score (nSPS) is 17.8. The van der Waals surface area contributed by atoms with E-state index in [0.29, 0.717) is 5.56 Å². The SMILES string of the molecule is Cc1ccc(/C(=C\C2OC(=O)c3c(Cl)c(Cl)c(Cl)c(Cl)c32)c2ccc(N3CCCC3)cc2)cc1. The summed E-state index contributed by atoms with van der Waals surface area (Å²) in [7, 11) is 0. The van der Waals surface area contributed by atoms with Gasteiger partial charge in [0.15, 0.2) is 0 Å². The van der Waals surface area contributed by atoms with Gasteiger partial charge in [-0.1, -0.05) is 88.4 Å². The zero-order chi connectivity index (χ0) is 24.0. The minimum atomic E-state index is -0.753. The van der Waals surface area contributed by atoms with Crippen molar-refractivity contribution < 1.29 is 9.53 Å². The number of fused-ring (bicyclic) bond motifs is 1. The van der Waals surface area contributed by atoms with Crippen molar-refractivity contribution in [1.82, 2.24) is 0 Å². The summed E-state index contributed by atoms with van der Waals surface area (Å²) in [6.07, 6.45) is 3.58. The van der Waals surface area contributed by atoms with Gasteiger partial charge in [-0.2, -0.15) is 0 Å². The van der Waals surface area contributed by atoms with E-state index in [1.807, 2.05) is 13.0 Å². The molecule has 0 N–H and O–H groups in total. The predicted octanol–water partition coefficient (Wildman–Crippen LogP) is 8.55. The molecule has 2 aliphatic rings. The number of hydrogen-bond donors (Lipinski definition) is 0. The molecule has 0 amide bonds. The molecule has 3 aromatic rings. The number of halogens is 4. The number of aryl methyl sites for hydroxylation is 1. The number of nitrogens with zero attached hydrogens (tertiary/aromatic N) is 1. The lowest BCUT2D eigenvalue weighted by molar-refractivity contribution is 0.0468. The minimum Gasteiger partial charge on any atom is -0.449 e. The van der Waals surface area contributed by atoms with Gasteiger partial charge in [-0.05, 0) is 54.7 Å². The van der Waals surface area contributed by atoms with Crippen LogP contribution in [0.3, 0.4) is 0 Å². The Bertz CT molecular complexity index is 1290. The molecule has 1 saturated heterocycles. The number of ether oxygens (including phenoxy) is 1. The molecule has 0 radical (unpaired) electrons. The van der Waals surface area contributed by atoms with Crippen LogP contribution in [0.25, 0.3) is 5.57 Å². The van der Waals surface area contributed by atoms with Gasteiger partial charge in [0.1, 0.15) is 6.10 Å². The second kappa shape index (κ2) is 9.47. The fourth-order valence-corrected chi connectivity index (χ4v) is 5.59. The van der Waals surface area contributed by atoms with E-state index in [1.165, 1.54) is 18.5 Å². The lowest BCUT2D eigenvalue weighted by Crippen LogP contribution is -2.17. The summed E-state index contributed by atoms with van der Waals surface area (Å²) < 4.78 is 5.70. The molecule has 34 heavy (non-hydrogen) atoms. The first-order chi connectivity index (χ1) is 16.3. The summed E-state index contributed by atoms with van der Waals surface area (Å²) in [5.41, 5.74) is 5.86. The summed E-state index contributed by atoms with van der Waals surface area (Å²) in [4.78, 5) is 15.1. The van der Waals surface area contributed by atoms with Crippen LogP contribution in [-0.4, -0.2) is 19.1 Å². The van der Waals surface area contributed by atoms with Crippen molar-refractivity contribution in [2.24, 2.45) is 0 Å². The van der Waals surface area contributed by atoms with Crippen molar-refractivity contribution in [3.8, 4) is 0 Å².